The van der Waals surface area contributed by atoms with Crippen molar-refractivity contribution in [3.63, 3.8) is 0 Å². The van der Waals surface area contributed by atoms with E-state index in [4.69, 9.17) is 13.9 Å². The summed E-state index contributed by atoms with van der Waals surface area (Å²) in [5.41, 5.74) is -0.697. The van der Waals surface area contributed by atoms with Crippen LogP contribution in [0.4, 0.5) is 0 Å². The van der Waals surface area contributed by atoms with E-state index in [0.29, 0.717) is 6.61 Å². The van der Waals surface area contributed by atoms with E-state index in [-0.39, 0.29) is 29.6 Å². The Hall–Kier alpha value is -2.05. The summed E-state index contributed by atoms with van der Waals surface area (Å²) >= 11 is 0. The summed E-state index contributed by atoms with van der Waals surface area (Å²) in [7, 11) is -2.60. The molecule has 1 heterocycles. The topological polar surface area (TPSA) is 44.8 Å². The van der Waals surface area contributed by atoms with Gasteiger partial charge in [-0.05, 0) is 42.1 Å². The van der Waals surface area contributed by atoms with Gasteiger partial charge in [0, 0.05) is 0 Å². The van der Waals surface area contributed by atoms with Crippen molar-refractivity contribution in [1.29, 1.82) is 0 Å². The molecule has 1 fully saturated rings. The standard InChI is InChI=1S/C28H38O4Si/c1-7-28(6,30-20-22(2)29)26-19-18-23(32-26)21-31-33(27(3,4)5,24-14-10-8-11-15-24)25-16-12-9-13-17-25/h7-17,23,26H,1,18-21H2,2-6H3/t23-,26+,28+/m0/s1. The lowest BCUT2D eigenvalue weighted by Crippen LogP contribution is -2.67. The summed E-state index contributed by atoms with van der Waals surface area (Å²) in [6, 6.07) is 21.3. The summed E-state index contributed by atoms with van der Waals surface area (Å²) in [4.78, 5) is 11.4. The fraction of sp³-hybridized carbons (Fsp3) is 0.464. The Morgan fingerprint density at radius 2 is 1.58 bits per heavy atom. The maximum Gasteiger partial charge on any atom is 0.261 e. The first kappa shape index (κ1) is 25.6. The Balaban J connectivity index is 1.84. The molecule has 0 aliphatic carbocycles. The second-order valence-corrected chi connectivity index (χ2v) is 14.5. The van der Waals surface area contributed by atoms with Crippen molar-refractivity contribution in [3.05, 3.63) is 73.3 Å². The number of carbonyl (C=O) groups excluding carboxylic acids is 1. The number of Topliss-reactive ketones (excluding diaryl/α,β-unsaturated/α-hetero) is 1. The molecule has 1 saturated heterocycles. The molecule has 0 saturated carbocycles. The summed E-state index contributed by atoms with van der Waals surface area (Å²) < 4.78 is 19.3. The molecular weight excluding hydrogens is 428 g/mol. The van der Waals surface area contributed by atoms with Crippen molar-refractivity contribution in [2.75, 3.05) is 13.2 Å². The van der Waals surface area contributed by atoms with Crippen LogP contribution in [-0.4, -0.2) is 45.1 Å². The van der Waals surface area contributed by atoms with Gasteiger partial charge in [0.25, 0.3) is 8.32 Å². The van der Waals surface area contributed by atoms with Gasteiger partial charge in [-0.3, -0.25) is 4.79 Å². The fourth-order valence-corrected chi connectivity index (χ4v) is 9.36. The van der Waals surface area contributed by atoms with Crippen molar-refractivity contribution in [3.8, 4) is 0 Å². The molecule has 33 heavy (non-hydrogen) atoms. The molecule has 1 aliphatic heterocycles. The van der Waals surface area contributed by atoms with E-state index in [1.165, 1.54) is 17.3 Å². The number of benzene rings is 2. The minimum Gasteiger partial charge on any atom is -0.405 e. The lowest BCUT2D eigenvalue weighted by atomic mass is 9.96. The monoisotopic (exact) mass is 466 g/mol. The molecule has 3 rings (SSSR count). The zero-order valence-electron chi connectivity index (χ0n) is 20.7. The Kier molecular flexibility index (Phi) is 8.11. The molecular formula is C28H38O4Si. The highest BCUT2D eigenvalue weighted by Gasteiger charge is 2.51. The number of rotatable bonds is 10. The van der Waals surface area contributed by atoms with Gasteiger partial charge in [0.05, 0.1) is 18.8 Å². The van der Waals surface area contributed by atoms with E-state index in [9.17, 15) is 4.79 Å². The van der Waals surface area contributed by atoms with Crippen LogP contribution >= 0.6 is 0 Å². The van der Waals surface area contributed by atoms with E-state index in [1.54, 1.807) is 6.08 Å². The van der Waals surface area contributed by atoms with E-state index < -0.39 is 13.9 Å². The van der Waals surface area contributed by atoms with Gasteiger partial charge in [-0.1, -0.05) is 87.5 Å². The predicted molar refractivity (Wildman–Crippen MR) is 137 cm³/mol. The van der Waals surface area contributed by atoms with Crippen LogP contribution in [0.1, 0.15) is 47.5 Å². The molecule has 0 aromatic heterocycles. The Bertz CT molecular complexity index is 882. The SMILES string of the molecule is C=C[C@@](C)(OCC(C)=O)[C@H]1CC[C@@H](CO[Si](c2ccccc2)(c2ccccc2)C(C)(C)C)O1. The van der Waals surface area contributed by atoms with Crippen LogP contribution in [-0.2, 0) is 18.7 Å². The molecule has 0 bridgehead atoms. The van der Waals surface area contributed by atoms with Gasteiger partial charge in [0.1, 0.15) is 12.2 Å². The smallest absolute Gasteiger partial charge is 0.261 e. The van der Waals surface area contributed by atoms with Crippen molar-refractivity contribution < 1.29 is 18.7 Å². The predicted octanol–water partition coefficient (Wildman–Crippen LogP) is 4.66. The maximum atomic E-state index is 11.4. The van der Waals surface area contributed by atoms with E-state index in [2.05, 4.69) is 88.0 Å². The highest BCUT2D eigenvalue weighted by atomic mass is 28.4. The number of hydrogen-bond acceptors (Lipinski definition) is 4. The number of ether oxygens (including phenoxy) is 2. The number of ketones is 1. The summed E-state index contributed by atoms with van der Waals surface area (Å²) in [6.07, 6.45) is 3.30. The van der Waals surface area contributed by atoms with Gasteiger partial charge in [-0.15, -0.1) is 6.58 Å². The zero-order valence-corrected chi connectivity index (χ0v) is 21.7. The van der Waals surface area contributed by atoms with Gasteiger partial charge in [-0.2, -0.15) is 0 Å². The minimum absolute atomic E-state index is 0.00682. The molecule has 4 nitrogen and oxygen atoms in total. The largest absolute Gasteiger partial charge is 0.405 e. The average molecular weight is 467 g/mol. The van der Waals surface area contributed by atoms with Gasteiger partial charge < -0.3 is 13.9 Å². The molecule has 0 N–H and O–H groups in total. The molecule has 2 aromatic rings. The third-order valence-corrected chi connectivity index (χ3v) is 11.6. The van der Waals surface area contributed by atoms with Crippen LogP contribution in [0.3, 0.4) is 0 Å². The Morgan fingerprint density at radius 1 is 1.03 bits per heavy atom. The maximum absolute atomic E-state index is 11.4. The van der Waals surface area contributed by atoms with Crippen molar-refractivity contribution in [2.45, 2.75) is 70.3 Å². The van der Waals surface area contributed by atoms with Crippen molar-refractivity contribution >= 4 is 24.5 Å². The van der Waals surface area contributed by atoms with Crippen molar-refractivity contribution in [1.82, 2.24) is 0 Å². The summed E-state index contributed by atoms with van der Waals surface area (Å²) in [6.45, 7) is 14.8. The number of carbonyl (C=O) groups is 1. The Morgan fingerprint density at radius 3 is 2.03 bits per heavy atom. The molecule has 0 spiro atoms. The lowest BCUT2D eigenvalue weighted by Gasteiger charge is -2.43. The molecule has 0 amide bonds. The third kappa shape index (κ3) is 5.55. The van der Waals surface area contributed by atoms with Gasteiger partial charge >= 0.3 is 0 Å². The minimum atomic E-state index is -2.60. The third-order valence-electron chi connectivity index (χ3n) is 6.64. The lowest BCUT2D eigenvalue weighted by molar-refractivity contribution is -0.137. The highest BCUT2D eigenvalue weighted by molar-refractivity contribution is 6.99. The van der Waals surface area contributed by atoms with Gasteiger partial charge in [0.15, 0.2) is 5.78 Å². The molecule has 0 radical (unpaired) electrons. The van der Waals surface area contributed by atoms with E-state index in [1.807, 2.05) is 6.92 Å². The van der Waals surface area contributed by atoms with Gasteiger partial charge in [-0.25, -0.2) is 0 Å². The Labute approximate surface area is 200 Å². The first-order chi connectivity index (χ1) is 15.6. The van der Waals surface area contributed by atoms with Crippen LogP contribution in [0.15, 0.2) is 73.3 Å². The molecule has 5 heteroatoms. The summed E-state index contributed by atoms with van der Waals surface area (Å²) in [5, 5.41) is 2.45. The zero-order chi connectivity index (χ0) is 24.1. The molecule has 2 aromatic carbocycles. The van der Waals surface area contributed by atoms with E-state index >= 15 is 0 Å². The van der Waals surface area contributed by atoms with Crippen LogP contribution in [0.25, 0.3) is 0 Å². The molecule has 3 atom stereocenters. The van der Waals surface area contributed by atoms with Crippen LogP contribution < -0.4 is 10.4 Å². The van der Waals surface area contributed by atoms with E-state index in [0.717, 1.165) is 12.8 Å². The second kappa shape index (κ2) is 10.5. The van der Waals surface area contributed by atoms with Crippen molar-refractivity contribution in [2.24, 2.45) is 0 Å². The molecule has 178 valence electrons. The second-order valence-electron chi connectivity index (χ2n) is 10.2. The highest BCUT2D eigenvalue weighted by Crippen LogP contribution is 2.38. The molecule has 1 aliphatic rings. The average Bonchev–Trinajstić information content (AvgIpc) is 3.28. The first-order valence-electron chi connectivity index (χ1n) is 11.8. The van der Waals surface area contributed by atoms with Crippen LogP contribution in [0, 0.1) is 0 Å². The van der Waals surface area contributed by atoms with Gasteiger partial charge in [0.2, 0.25) is 0 Å². The van der Waals surface area contributed by atoms with Crippen LogP contribution in [0.5, 0.6) is 0 Å². The fourth-order valence-electron chi connectivity index (χ4n) is 4.77. The molecule has 0 unspecified atom stereocenters. The summed E-state index contributed by atoms with van der Waals surface area (Å²) in [5.74, 6) is -0.00682. The normalized spacial score (nSPS) is 20.9. The number of hydrogen-bond donors (Lipinski definition) is 0. The van der Waals surface area contributed by atoms with Crippen LogP contribution in [0.2, 0.25) is 5.04 Å². The quantitative estimate of drug-likeness (QED) is 0.377. The first-order valence-corrected chi connectivity index (χ1v) is 13.7.